The number of aromatic nitrogens is 3. The van der Waals surface area contributed by atoms with E-state index in [0.29, 0.717) is 37.0 Å². The van der Waals surface area contributed by atoms with Crippen LogP contribution in [0.25, 0.3) is 11.5 Å². The molecule has 0 N–H and O–H groups in total. The van der Waals surface area contributed by atoms with Gasteiger partial charge in [-0.15, -0.1) is 0 Å². The monoisotopic (exact) mass is 386 g/mol. The van der Waals surface area contributed by atoms with Crippen molar-refractivity contribution < 1.29 is 17.7 Å². The summed E-state index contributed by atoms with van der Waals surface area (Å²) < 4.78 is 37.6. The summed E-state index contributed by atoms with van der Waals surface area (Å²) in [4.78, 5) is 8.70. The van der Waals surface area contributed by atoms with Gasteiger partial charge in [-0.3, -0.25) is 4.98 Å². The molecule has 1 atom stereocenters. The van der Waals surface area contributed by atoms with E-state index in [1.165, 1.54) is 4.31 Å². The molecule has 0 bridgehead atoms. The maximum absolute atomic E-state index is 12.9. The fourth-order valence-corrected chi connectivity index (χ4v) is 4.56. The Labute approximate surface area is 156 Å². The SMILES string of the molecule is COc1ccc(S(=O)(=O)N2CCC(c3noc(-c4cccnc4)n3)C2)cc1. The van der Waals surface area contributed by atoms with Gasteiger partial charge in [-0.2, -0.15) is 9.29 Å². The minimum atomic E-state index is -3.57. The molecule has 1 saturated heterocycles. The first-order valence-corrected chi connectivity index (χ1v) is 9.90. The molecule has 2 aromatic heterocycles. The van der Waals surface area contributed by atoms with Crippen molar-refractivity contribution in [1.29, 1.82) is 0 Å². The third kappa shape index (κ3) is 3.43. The van der Waals surface area contributed by atoms with Crippen molar-refractivity contribution >= 4 is 10.0 Å². The zero-order valence-corrected chi connectivity index (χ0v) is 15.5. The average Bonchev–Trinajstić information content (AvgIpc) is 3.38. The Balaban J connectivity index is 1.50. The normalized spacial score (nSPS) is 17.9. The van der Waals surface area contributed by atoms with Gasteiger partial charge in [0, 0.05) is 31.4 Å². The van der Waals surface area contributed by atoms with Crippen LogP contribution in [0.2, 0.25) is 0 Å². The van der Waals surface area contributed by atoms with Crippen LogP contribution in [0.5, 0.6) is 5.75 Å². The first-order chi connectivity index (χ1) is 13.1. The van der Waals surface area contributed by atoms with Gasteiger partial charge < -0.3 is 9.26 Å². The molecular formula is C18H18N4O4S. The Bertz CT molecular complexity index is 1020. The Morgan fingerprint density at radius 3 is 2.74 bits per heavy atom. The van der Waals surface area contributed by atoms with Crippen molar-refractivity contribution in [2.45, 2.75) is 17.2 Å². The van der Waals surface area contributed by atoms with Crippen LogP contribution in [-0.4, -0.2) is 48.0 Å². The molecule has 0 aliphatic carbocycles. The summed E-state index contributed by atoms with van der Waals surface area (Å²) >= 11 is 0. The summed E-state index contributed by atoms with van der Waals surface area (Å²) in [6, 6.07) is 10.0. The van der Waals surface area contributed by atoms with Crippen LogP contribution in [0.3, 0.4) is 0 Å². The van der Waals surface area contributed by atoms with E-state index in [4.69, 9.17) is 9.26 Å². The quantitative estimate of drug-likeness (QED) is 0.663. The Kier molecular flexibility index (Phi) is 4.63. The maximum Gasteiger partial charge on any atom is 0.259 e. The van der Waals surface area contributed by atoms with Crippen LogP contribution in [-0.2, 0) is 10.0 Å². The van der Waals surface area contributed by atoms with E-state index in [-0.39, 0.29) is 10.8 Å². The molecule has 140 valence electrons. The fraction of sp³-hybridized carbons (Fsp3) is 0.278. The minimum absolute atomic E-state index is 0.104. The van der Waals surface area contributed by atoms with E-state index in [1.807, 2.05) is 6.07 Å². The first-order valence-electron chi connectivity index (χ1n) is 8.46. The number of methoxy groups -OCH3 is 1. The average molecular weight is 386 g/mol. The highest BCUT2D eigenvalue weighted by atomic mass is 32.2. The highest BCUT2D eigenvalue weighted by Gasteiger charge is 2.35. The summed E-state index contributed by atoms with van der Waals surface area (Å²) in [5.41, 5.74) is 0.733. The van der Waals surface area contributed by atoms with Gasteiger partial charge in [0.2, 0.25) is 10.0 Å². The number of hydrogen-bond donors (Lipinski definition) is 0. The Morgan fingerprint density at radius 2 is 2.04 bits per heavy atom. The molecule has 1 fully saturated rings. The van der Waals surface area contributed by atoms with E-state index in [1.54, 1.807) is 49.8 Å². The lowest BCUT2D eigenvalue weighted by molar-refractivity contribution is 0.413. The van der Waals surface area contributed by atoms with Gasteiger partial charge in [0.15, 0.2) is 5.82 Å². The molecule has 0 amide bonds. The van der Waals surface area contributed by atoms with Gasteiger partial charge in [-0.1, -0.05) is 5.16 Å². The number of pyridine rings is 1. The van der Waals surface area contributed by atoms with Gasteiger partial charge in [-0.25, -0.2) is 8.42 Å². The molecule has 3 aromatic rings. The van der Waals surface area contributed by atoms with Crippen LogP contribution < -0.4 is 4.74 Å². The zero-order valence-electron chi connectivity index (χ0n) is 14.6. The van der Waals surface area contributed by atoms with Gasteiger partial charge >= 0.3 is 0 Å². The highest BCUT2D eigenvalue weighted by Crippen LogP contribution is 2.31. The number of rotatable bonds is 5. The zero-order chi connectivity index (χ0) is 18.9. The van der Waals surface area contributed by atoms with Gasteiger partial charge in [0.1, 0.15) is 5.75 Å². The van der Waals surface area contributed by atoms with Crippen molar-refractivity contribution in [1.82, 2.24) is 19.4 Å². The molecule has 1 aliphatic rings. The van der Waals surface area contributed by atoms with Crippen molar-refractivity contribution in [2.24, 2.45) is 0 Å². The summed E-state index contributed by atoms with van der Waals surface area (Å²) in [6.45, 7) is 0.732. The lowest BCUT2D eigenvalue weighted by atomic mass is 10.1. The molecule has 1 unspecified atom stereocenters. The van der Waals surface area contributed by atoms with E-state index in [2.05, 4.69) is 15.1 Å². The minimum Gasteiger partial charge on any atom is -0.497 e. The Hall–Kier alpha value is -2.78. The molecule has 4 rings (SSSR count). The van der Waals surface area contributed by atoms with Crippen LogP contribution in [0.1, 0.15) is 18.2 Å². The number of sulfonamides is 1. The second-order valence-electron chi connectivity index (χ2n) is 6.22. The maximum atomic E-state index is 12.9. The number of nitrogens with zero attached hydrogens (tertiary/aromatic N) is 4. The van der Waals surface area contributed by atoms with Crippen LogP contribution in [0.15, 0.2) is 58.2 Å². The predicted molar refractivity (Wildman–Crippen MR) is 96.6 cm³/mol. The van der Waals surface area contributed by atoms with Gasteiger partial charge in [0.05, 0.1) is 17.6 Å². The van der Waals surface area contributed by atoms with E-state index < -0.39 is 10.0 Å². The van der Waals surface area contributed by atoms with E-state index >= 15 is 0 Å². The summed E-state index contributed by atoms with van der Waals surface area (Å²) in [6.07, 6.45) is 3.95. The molecular weight excluding hydrogens is 368 g/mol. The van der Waals surface area contributed by atoms with Crippen molar-refractivity contribution in [3.8, 4) is 17.2 Å². The largest absolute Gasteiger partial charge is 0.497 e. The smallest absolute Gasteiger partial charge is 0.259 e. The fourth-order valence-electron chi connectivity index (χ4n) is 3.06. The number of hydrogen-bond acceptors (Lipinski definition) is 7. The van der Waals surface area contributed by atoms with Crippen molar-refractivity contribution in [3.05, 3.63) is 54.6 Å². The predicted octanol–water partition coefficient (Wildman–Crippen LogP) is 2.32. The standard InChI is InChI=1S/C18H18N4O4S/c1-25-15-4-6-16(7-5-15)27(23,24)22-10-8-14(12-22)17-20-18(26-21-17)13-3-2-9-19-11-13/h2-7,9,11,14H,8,10,12H2,1H3. The molecule has 8 nitrogen and oxygen atoms in total. The molecule has 27 heavy (non-hydrogen) atoms. The molecule has 3 heterocycles. The second kappa shape index (κ2) is 7.09. The third-order valence-electron chi connectivity index (χ3n) is 4.56. The highest BCUT2D eigenvalue weighted by molar-refractivity contribution is 7.89. The molecule has 0 spiro atoms. The van der Waals surface area contributed by atoms with E-state index in [9.17, 15) is 8.42 Å². The number of ether oxygens (including phenoxy) is 1. The first kappa shape index (κ1) is 17.6. The topological polar surface area (TPSA) is 98.4 Å². The summed E-state index contributed by atoms with van der Waals surface area (Å²) in [5.74, 6) is 1.41. The summed E-state index contributed by atoms with van der Waals surface area (Å²) in [7, 11) is -2.03. The molecule has 1 aromatic carbocycles. The summed E-state index contributed by atoms with van der Waals surface area (Å²) in [5, 5.41) is 4.03. The van der Waals surface area contributed by atoms with Gasteiger partial charge in [0.25, 0.3) is 5.89 Å². The lowest BCUT2D eigenvalue weighted by Gasteiger charge is -2.16. The van der Waals surface area contributed by atoms with Gasteiger partial charge in [-0.05, 0) is 42.8 Å². The molecule has 0 radical (unpaired) electrons. The van der Waals surface area contributed by atoms with Crippen molar-refractivity contribution in [3.63, 3.8) is 0 Å². The lowest BCUT2D eigenvalue weighted by Crippen LogP contribution is -2.28. The number of benzene rings is 1. The Morgan fingerprint density at radius 1 is 1.22 bits per heavy atom. The van der Waals surface area contributed by atoms with Crippen LogP contribution >= 0.6 is 0 Å². The van der Waals surface area contributed by atoms with Crippen molar-refractivity contribution in [2.75, 3.05) is 20.2 Å². The molecule has 1 aliphatic heterocycles. The van der Waals surface area contributed by atoms with E-state index in [0.717, 1.165) is 5.56 Å². The molecule has 9 heteroatoms. The molecule has 0 saturated carbocycles. The third-order valence-corrected chi connectivity index (χ3v) is 6.44. The second-order valence-corrected chi connectivity index (χ2v) is 8.16. The van der Waals surface area contributed by atoms with Crippen LogP contribution in [0.4, 0.5) is 0 Å². The van der Waals surface area contributed by atoms with Crippen LogP contribution in [0, 0.1) is 0 Å².